The summed E-state index contributed by atoms with van der Waals surface area (Å²) in [7, 11) is -3.24. The molecule has 0 aliphatic heterocycles. The predicted octanol–water partition coefficient (Wildman–Crippen LogP) is -0.564. The molecule has 0 aliphatic rings. The molecule has 1 N–H and O–H groups in total. The highest BCUT2D eigenvalue weighted by molar-refractivity contribution is 7.87. The van der Waals surface area contributed by atoms with E-state index in [0.29, 0.717) is 0 Å². The fourth-order valence-electron chi connectivity index (χ4n) is 0.288. The SMILES string of the molecule is COC(=O)[C@H](C)S(=O)(=O)O. The predicted molar refractivity (Wildman–Crippen MR) is 33.0 cm³/mol. The lowest BCUT2D eigenvalue weighted by atomic mass is 10.5. The Bertz CT molecular complexity index is 216. The lowest BCUT2D eigenvalue weighted by Gasteiger charge is -2.03. The second-order valence-corrected chi connectivity index (χ2v) is 3.42. The van der Waals surface area contributed by atoms with Crippen LogP contribution in [0.1, 0.15) is 6.92 Å². The Balaban J connectivity index is 4.39. The van der Waals surface area contributed by atoms with Crippen LogP contribution in [0.3, 0.4) is 0 Å². The Kier molecular flexibility index (Phi) is 2.79. The number of hydrogen-bond acceptors (Lipinski definition) is 4. The smallest absolute Gasteiger partial charge is 0.326 e. The first-order valence-corrected chi connectivity index (χ1v) is 3.94. The summed E-state index contributed by atoms with van der Waals surface area (Å²) in [6.45, 7) is 1.04. The van der Waals surface area contributed by atoms with E-state index >= 15 is 0 Å². The van der Waals surface area contributed by atoms with E-state index in [0.717, 1.165) is 14.0 Å². The maximum Gasteiger partial charge on any atom is 0.326 e. The van der Waals surface area contributed by atoms with Crippen LogP contribution >= 0.6 is 0 Å². The van der Waals surface area contributed by atoms with Gasteiger partial charge < -0.3 is 4.74 Å². The van der Waals surface area contributed by atoms with Crippen LogP contribution in [0.2, 0.25) is 0 Å². The number of ether oxygens (including phenoxy) is 1. The molecule has 0 unspecified atom stereocenters. The Labute approximate surface area is 58.7 Å². The van der Waals surface area contributed by atoms with E-state index in [-0.39, 0.29) is 0 Å². The van der Waals surface area contributed by atoms with Gasteiger partial charge in [-0.15, -0.1) is 0 Å². The number of carbonyl (C=O) groups is 1. The van der Waals surface area contributed by atoms with E-state index in [9.17, 15) is 13.2 Å². The molecule has 0 aliphatic carbocycles. The molecule has 0 aromatic carbocycles. The highest BCUT2D eigenvalue weighted by Crippen LogP contribution is 1.98. The molecule has 0 saturated heterocycles. The second-order valence-electron chi connectivity index (χ2n) is 1.68. The number of carbonyl (C=O) groups excluding carboxylic acids is 1. The van der Waals surface area contributed by atoms with E-state index < -0.39 is 21.3 Å². The molecular weight excluding hydrogens is 160 g/mol. The molecule has 0 spiro atoms. The highest BCUT2D eigenvalue weighted by Gasteiger charge is 2.26. The molecule has 5 nitrogen and oxygen atoms in total. The molecule has 0 rings (SSSR count). The third-order valence-electron chi connectivity index (χ3n) is 0.980. The van der Waals surface area contributed by atoms with Gasteiger partial charge in [-0.1, -0.05) is 0 Å². The molecule has 0 radical (unpaired) electrons. The molecule has 1 atom stereocenters. The van der Waals surface area contributed by atoms with Crippen LogP contribution in [-0.4, -0.2) is 31.3 Å². The largest absolute Gasteiger partial charge is 0.468 e. The summed E-state index contributed by atoms with van der Waals surface area (Å²) in [5, 5.41) is -1.50. The van der Waals surface area contributed by atoms with E-state index in [1.807, 2.05) is 0 Å². The highest BCUT2D eigenvalue weighted by atomic mass is 32.2. The fraction of sp³-hybridized carbons (Fsp3) is 0.750. The summed E-state index contributed by atoms with van der Waals surface area (Å²) in [5.41, 5.74) is 0. The molecule has 0 fully saturated rings. The van der Waals surface area contributed by atoms with Crippen molar-refractivity contribution < 1.29 is 22.5 Å². The van der Waals surface area contributed by atoms with Crippen molar-refractivity contribution in [3.63, 3.8) is 0 Å². The van der Waals surface area contributed by atoms with Crippen LogP contribution < -0.4 is 0 Å². The molecule has 0 bridgehead atoms. The third kappa shape index (κ3) is 2.32. The zero-order chi connectivity index (χ0) is 8.36. The number of rotatable bonds is 2. The van der Waals surface area contributed by atoms with Crippen LogP contribution in [0, 0.1) is 0 Å². The van der Waals surface area contributed by atoms with Crippen molar-refractivity contribution in [2.45, 2.75) is 12.2 Å². The zero-order valence-corrected chi connectivity index (χ0v) is 6.38. The van der Waals surface area contributed by atoms with Crippen molar-refractivity contribution in [1.82, 2.24) is 0 Å². The molecule has 10 heavy (non-hydrogen) atoms. The Hall–Kier alpha value is -0.620. The molecule has 0 aromatic heterocycles. The molecule has 0 heterocycles. The van der Waals surface area contributed by atoms with Crippen LogP contribution in [-0.2, 0) is 19.6 Å². The maximum absolute atomic E-state index is 10.4. The van der Waals surface area contributed by atoms with E-state index in [1.165, 1.54) is 0 Å². The summed E-state index contributed by atoms with van der Waals surface area (Å²) in [5.74, 6) is -0.970. The minimum atomic E-state index is -4.29. The molecular formula is C4H8O5S. The normalized spacial score (nSPS) is 14.3. The summed E-state index contributed by atoms with van der Waals surface area (Å²) in [4.78, 5) is 10.4. The van der Waals surface area contributed by atoms with Crippen LogP contribution in [0.4, 0.5) is 0 Å². The Morgan fingerprint density at radius 3 is 2.10 bits per heavy atom. The van der Waals surface area contributed by atoms with Gasteiger partial charge in [0.15, 0.2) is 5.25 Å². The summed E-state index contributed by atoms with van der Waals surface area (Å²) < 4.78 is 32.7. The third-order valence-corrected chi connectivity index (χ3v) is 2.07. The number of hydrogen-bond donors (Lipinski definition) is 1. The van der Waals surface area contributed by atoms with Crippen LogP contribution in [0.5, 0.6) is 0 Å². The van der Waals surface area contributed by atoms with Gasteiger partial charge in [0.1, 0.15) is 0 Å². The van der Waals surface area contributed by atoms with Gasteiger partial charge in [-0.2, -0.15) is 8.42 Å². The van der Waals surface area contributed by atoms with Crippen LogP contribution in [0.15, 0.2) is 0 Å². The van der Waals surface area contributed by atoms with Gasteiger partial charge in [0.05, 0.1) is 7.11 Å². The van der Waals surface area contributed by atoms with Gasteiger partial charge in [-0.05, 0) is 6.92 Å². The van der Waals surface area contributed by atoms with Crippen molar-refractivity contribution >= 4 is 16.1 Å². The molecule has 0 saturated carbocycles. The van der Waals surface area contributed by atoms with Crippen molar-refractivity contribution in [3.8, 4) is 0 Å². The van der Waals surface area contributed by atoms with Crippen molar-refractivity contribution in [3.05, 3.63) is 0 Å². The topological polar surface area (TPSA) is 80.7 Å². The summed E-state index contributed by atoms with van der Waals surface area (Å²) in [6.07, 6.45) is 0. The Morgan fingerprint density at radius 1 is 1.60 bits per heavy atom. The second kappa shape index (κ2) is 2.98. The Morgan fingerprint density at radius 2 is 2.00 bits per heavy atom. The monoisotopic (exact) mass is 168 g/mol. The first-order chi connectivity index (χ1) is 4.39. The lowest BCUT2D eigenvalue weighted by molar-refractivity contribution is -0.139. The van der Waals surface area contributed by atoms with E-state index in [4.69, 9.17) is 4.55 Å². The van der Waals surface area contributed by atoms with Gasteiger partial charge >= 0.3 is 5.97 Å². The quantitative estimate of drug-likeness (QED) is 0.441. The molecule has 0 amide bonds. The number of esters is 1. The van der Waals surface area contributed by atoms with Gasteiger partial charge in [0.2, 0.25) is 0 Å². The average molecular weight is 168 g/mol. The van der Waals surface area contributed by atoms with Crippen molar-refractivity contribution in [1.29, 1.82) is 0 Å². The summed E-state index contributed by atoms with van der Waals surface area (Å²) in [6, 6.07) is 0. The lowest BCUT2D eigenvalue weighted by Crippen LogP contribution is -2.27. The molecule has 60 valence electrons. The standard InChI is InChI=1S/C4H8O5S/c1-3(4(5)9-2)10(6,7)8/h3H,1-2H3,(H,6,7,8)/t3-/m0/s1. The van der Waals surface area contributed by atoms with Crippen molar-refractivity contribution in [2.24, 2.45) is 0 Å². The summed E-state index contributed by atoms with van der Waals surface area (Å²) >= 11 is 0. The first-order valence-electron chi connectivity index (χ1n) is 2.43. The molecule has 0 aromatic rings. The number of methoxy groups -OCH3 is 1. The van der Waals surface area contributed by atoms with Gasteiger partial charge in [0, 0.05) is 0 Å². The minimum Gasteiger partial charge on any atom is -0.468 e. The molecule has 6 heteroatoms. The average Bonchev–Trinajstić information content (AvgIpc) is 1.83. The maximum atomic E-state index is 10.4. The minimum absolute atomic E-state index is 0.970. The van der Waals surface area contributed by atoms with Gasteiger partial charge in [-0.3, -0.25) is 9.35 Å². The van der Waals surface area contributed by atoms with Gasteiger partial charge in [-0.25, -0.2) is 0 Å². The van der Waals surface area contributed by atoms with Crippen molar-refractivity contribution in [2.75, 3.05) is 7.11 Å². The first kappa shape index (κ1) is 9.38. The van der Waals surface area contributed by atoms with Crippen LogP contribution in [0.25, 0.3) is 0 Å². The van der Waals surface area contributed by atoms with E-state index in [1.54, 1.807) is 0 Å². The van der Waals surface area contributed by atoms with Gasteiger partial charge in [0.25, 0.3) is 10.1 Å². The fourth-order valence-corrected chi connectivity index (χ4v) is 0.627. The zero-order valence-electron chi connectivity index (χ0n) is 5.57. The van der Waals surface area contributed by atoms with E-state index in [2.05, 4.69) is 4.74 Å².